The molecular weight excluding hydrogens is 451 g/mol. The first-order valence-electron chi connectivity index (χ1n) is 10.2. The fourth-order valence-corrected chi connectivity index (χ4v) is 4.76. The number of nitrogens with zero attached hydrogens (tertiary/aromatic N) is 2. The lowest BCUT2D eigenvalue weighted by atomic mass is 9.92. The van der Waals surface area contributed by atoms with Crippen molar-refractivity contribution in [2.75, 3.05) is 13.1 Å². The molecule has 0 spiro atoms. The van der Waals surface area contributed by atoms with Crippen molar-refractivity contribution < 1.29 is 14.4 Å². The number of H-pyrrole nitrogens is 1. The molecule has 2 aliphatic rings. The summed E-state index contributed by atoms with van der Waals surface area (Å²) in [6, 6.07) is 12.1. The van der Waals surface area contributed by atoms with Crippen LogP contribution in [0.1, 0.15) is 23.7 Å². The van der Waals surface area contributed by atoms with E-state index in [0.29, 0.717) is 30.1 Å². The van der Waals surface area contributed by atoms with Gasteiger partial charge < -0.3 is 15.2 Å². The molecule has 4 amide bonds. The number of nitrogens with one attached hydrogen (secondary N) is 2. The van der Waals surface area contributed by atoms with Crippen LogP contribution in [0.4, 0.5) is 4.79 Å². The van der Waals surface area contributed by atoms with E-state index in [1.54, 1.807) is 30.0 Å². The third-order valence-electron chi connectivity index (χ3n) is 6.30. The normalized spacial score (nSPS) is 20.6. The first kappa shape index (κ1) is 20.8. The van der Waals surface area contributed by atoms with Gasteiger partial charge in [-0.25, -0.2) is 4.79 Å². The summed E-state index contributed by atoms with van der Waals surface area (Å²) in [6.45, 7) is 2.23. The second-order valence-corrected chi connectivity index (χ2v) is 9.08. The predicted octanol–water partition coefficient (Wildman–Crippen LogP) is 3.83. The summed E-state index contributed by atoms with van der Waals surface area (Å²) in [6.07, 6.45) is 0.691. The van der Waals surface area contributed by atoms with E-state index in [9.17, 15) is 14.4 Å². The van der Waals surface area contributed by atoms with E-state index in [2.05, 4.69) is 10.3 Å². The zero-order valence-electron chi connectivity index (χ0n) is 17.2. The molecule has 0 radical (unpaired) electrons. The third kappa shape index (κ3) is 3.24. The Bertz CT molecular complexity index is 1290. The molecule has 164 valence electrons. The van der Waals surface area contributed by atoms with Gasteiger partial charge in [-0.3, -0.25) is 14.5 Å². The quantitative estimate of drug-likeness (QED) is 0.570. The highest BCUT2D eigenvalue weighted by molar-refractivity contribution is 6.42. The van der Waals surface area contributed by atoms with Gasteiger partial charge in [0.25, 0.3) is 5.91 Å². The van der Waals surface area contributed by atoms with Gasteiger partial charge in [0, 0.05) is 41.7 Å². The van der Waals surface area contributed by atoms with E-state index < -0.39 is 17.5 Å². The van der Waals surface area contributed by atoms with Crippen LogP contribution in [0.15, 0.2) is 42.5 Å². The minimum Gasteiger partial charge on any atom is -0.358 e. The Kier molecular flexibility index (Phi) is 4.91. The van der Waals surface area contributed by atoms with Gasteiger partial charge in [0.05, 0.1) is 10.0 Å². The van der Waals surface area contributed by atoms with Gasteiger partial charge in [-0.1, -0.05) is 47.5 Å². The molecule has 5 rings (SSSR count). The van der Waals surface area contributed by atoms with Crippen LogP contribution in [-0.2, 0) is 28.1 Å². The Morgan fingerprint density at radius 2 is 1.91 bits per heavy atom. The summed E-state index contributed by atoms with van der Waals surface area (Å²) in [7, 11) is 0. The number of fused-ring (bicyclic) bond motifs is 3. The maximum absolute atomic E-state index is 13.2. The maximum Gasteiger partial charge on any atom is 0.325 e. The Morgan fingerprint density at radius 1 is 1.12 bits per heavy atom. The monoisotopic (exact) mass is 470 g/mol. The SMILES string of the molecule is CC1(c2ccc(Cl)c(Cl)c2)NC(=O)N(CC(=O)N2CCc3[nH]c4ccccc4c3C2)C1=O. The first-order chi connectivity index (χ1) is 15.3. The van der Waals surface area contributed by atoms with E-state index in [4.69, 9.17) is 23.2 Å². The van der Waals surface area contributed by atoms with Gasteiger partial charge in [-0.15, -0.1) is 0 Å². The Balaban J connectivity index is 1.35. The predicted molar refractivity (Wildman–Crippen MR) is 121 cm³/mol. The molecule has 0 aliphatic carbocycles. The van der Waals surface area contributed by atoms with E-state index in [1.165, 1.54) is 0 Å². The van der Waals surface area contributed by atoms with Gasteiger partial charge in [0.1, 0.15) is 12.1 Å². The van der Waals surface area contributed by atoms with Crippen LogP contribution >= 0.6 is 23.2 Å². The molecule has 2 N–H and O–H groups in total. The van der Waals surface area contributed by atoms with Crippen molar-refractivity contribution in [2.24, 2.45) is 0 Å². The van der Waals surface area contributed by atoms with Gasteiger partial charge >= 0.3 is 6.03 Å². The number of carbonyl (C=O) groups excluding carboxylic acids is 3. The highest BCUT2D eigenvalue weighted by Gasteiger charge is 2.50. The molecule has 0 saturated carbocycles. The Hall–Kier alpha value is -3.03. The van der Waals surface area contributed by atoms with E-state index in [0.717, 1.165) is 27.1 Å². The van der Waals surface area contributed by atoms with E-state index in [1.807, 2.05) is 24.3 Å². The molecule has 1 unspecified atom stereocenters. The van der Waals surface area contributed by atoms with Crippen LogP contribution in [0.3, 0.4) is 0 Å². The highest BCUT2D eigenvalue weighted by Crippen LogP contribution is 2.33. The fourth-order valence-electron chi connectivity index (χ4n) is 4.46. The Morgan fingerprint density at radius 3 is 2.69 bits per heavy atom. The summed E-state index contributed by atoms with van der Waals surface area (Å²) in [5, 5.41) is 4.42. The molecule has 1 atom stereocenters. The zero-order chi connectivity index (χ0) is 22.6. The van der Waals surface area contributed by atoms with E-state index in [-0.39, 0.29) is 17.5 Å². The second kappa shape index (κ2) is 7.53. The van der Waals surface area contributed by atoms with E-state index >= 15 is 0 Å². The van der Waals surface area contributed by atoms with Crippen molar-refractivity contribution in [3.8, 4) is 0 Å². The number of aromatic amines is 1. The lowest BCUT2D eigenvalue weighted by Crippen LogP contribution is -2.45. The number of carbonyl (C=O) groups is 3. The van der Waals surface area contributed by atoms with Crippen molar-refractivity contribution in [2.45, 2.75) is 25.4 Å². The lowest BCUT2D eigenvalue weighted by molar-refractivity contribution is -0.139. The zero-order valence-corrected chi connectivity index (χ0v) is 18.8. The molecular formula is C23H20Cl2N4O3. The number of rotatable bonds is 3. The first-order valence-corrected chi connectivity index (χ1v) is 11.0. The maximum atomic E-state index is 13.2. The standard InChI is InChI=1S/C23H20Cl2N4O3/c1-23(13-6-7-16(24)17(25)10-13)21(31)29(22(32)27-23)12-20(30)28-9-8-19-15(11-28)14-4-2-3-5-18(14)26-19/h2-7,10,26H,8-9,11-12H2,1H3,(H,27,32). The van der Waals surface area contributed by atoms with Crippen LogP contribution in [0, 0.1) is 0 Å². The molecule has 32 heavy (non-hydrogen) atoms. The largest absolute Gasteiger partial charge is 0.358 e. The van der Waals surface area contributed by atoms with Crippen LogP contribution in [0.25, 0.3) is 10.9 Å². The summed E-state index contributed by atoms with van der Waals surface area (Å²) in [5.74, 6) is -0.776. The number of amides is 4. The highest BCUT2D eigenvalue weighted by atomic mass is 35.5. The number of hydrogen-bond donors (Lipinski definition) is 2. The van der Waals surface area contributed by atoms with Crippen molar-refractivity contribution >= 4 is 52.0 Å². The number of benzene rings is 2. The minimum atomic E-state index is -1.32. The van der Waals surface area contributed by atoms with Crippen molar-refractivity contribution in [1.29, 1.82) is 0 Å². The number of hydrogen-bond acceptors (Lipinski definition) is 3. The smallest absolute Gasteiger partial charge is 0.325 e. The molecule has 1 fully saturated rings. The number of imide groups is 1. The van der Waals surface area contributed by atoms with Gasteiger partial charge in [0.15, 0.2) is 0 Å². The molecule has 3 aromatic rings. The Labute approximate surface area is 194 Å². The molecule has 2 aromatic carbocycles. The number of para-hydroxylation sites is 1. The lowest BCUT2D eigenvalue weighted by Gasteiger charge is -2.29. The average molecular weight is 471 g/mol. The van der Waals surface area contributed by atoms with Crippen LogP contribution in [-0.4, -0.2) is 45.7 Å². The molecule has 0 bridgehead atoms. The average Bonchev–Trinajstić information content (AvgIpc) is 3.25. The molecule has 9 heteroatoms. The van der Waals surface area contributed by atoms with Crippen LogP contribution < -0.4 is 5.32 Å². The van der Waals surface area contributed by atoms with Crippen molar-refractivity contribution in [1.82, 2.24) is 20.1 Å². The van der Waals surface area contributed by atoms with Gasteiger partial charge in [-0.05, 0) is 30.7 Å². The summed E-state index contributed by atoms with van der Waals surface area (Å²) >= 11 is 12.1. The van der Waals surface area contributed by atoms with Gasteiger partial charge in [-0.2, -0.15) is 0 Å². The molecule has 7 nitrogen and oxygen atoms in total. The fraction of sp³-hybridized carbons (Fsp3) is 0.261. The van der Waals surface area contributed by atoms with Crippen LogP contribution in [0.5, 0.6) is 0 Å². The number of aromatic nitrogens is 1. The van der Waals surface area contributed by atoms with Crippen molar-refractivity contribution in [3.63, 3.8) is 0 Å². The molecule has 2 aliphatic heterocycles. The molecule has 3 heterocycles. The topological polar surface area (TPSA) is 85.5 Å². The molecule has 1 aromatic heterocycles. The van der Waals surface area contributed by atoms with Crippen molar-refractivity contribution in [3.05, 3.63) is 69.3 Å². The number of urea groups is 1. The summed E-state index contributed by atoms with van der Waals surface area (Å²) in [5.41, 5.74) is 2.42. The van der Waals surface area contributed by atoms with Crippen LogP contribution in [0.2, 0.25) is 10.0 Å². The third-order valence-corrected chi connectivity index (χ3v) is 7.04. The second-order valence-electron chi connectivity index (χ2n) is 8.27. The molecule has 1 saturated heterocycles. The summed E-state index contributed by atoms with van der Waals surface area (Å²) < 4.78 is 0. The summed E-state index contributed by atoms with van der Waals surface area (Å²) in [4.78, 5) is 44.9. The van der Waals surface area contributed by atoms with Gasteiger partial charge in [0.2, 0.25) is 5.91 Å². The number of halogens is 2. The minimum absolute atomic E-state index is 0.275.